The molecule has 2 rings (SSSR count). The molecule has 0 N–H and O–H groups in total. The molecule has 0 saturated carbocycles. The van der Waals surface area contributed by atoms with Crippen LogP contribution in [0, 0.1) is 0 Å². The Bertz CT molecular complexity index is 561. The highest BCUT2D eigenvalue weighted by Gasteiger charge is 2.17. The Morgan fingerprint density at radius 3 is 2.76 bits per heavy atom. The zero-order valence-electron chi connectivity index (χ0n) is 8.43. The van der Waals surface area contributed by atoms with E-state index in [0.29, 0.717) is 16.3 Å². The van der Waals surface area contributed by atoms with Crippen LogP contribution < -0.4 is 0 Å². The Hall–Kier alpha value is -1.65. The molecule has 0 aliphatic rings. The summed E-state index contributed by atoms with van der Waals surface area (Å²) in [6.45, 7) is 0. The Morgan fingerprint density at radius 2 is 2.06 bits per heavy atom. The number of aromatic nitrogens is 2. The van der Waals surface area contributed by atoms with Gasteiger partial charge in [0.25, 0.3) is 0 Å². The van der Waals surface area contributed by atoms with Gasteiger partial charge in [0.2, 0.25) is 0 Å². The lowest BCUT2D eigenvalue weighted by Crippen LogP contribution is -2.03. The molecule has 0 radical (unpaired) electrons. The van der Waals surface area contributed by atoms with Crippen LogP contribution in [0.2, 0.25) is 5.02 Å². The van der Waals surface area contributed by atoms with E-state index in [1.54, 1.807) is 24.3 Å². The van der Waals surface area contributed by atoms with Crippen molar-refractivity contribution in [2.24, 2.45) is 0 Å². The van der Waals surface area contributed by atoms with E-state index in [9.17, 15) is 4.79 Å². The minimum absolute atomic E-state index is 0.163. The standard InChI is InChI=1S/C11H6Cl2N2O2/c12-9-4-2-1-3-7(9)10-8(11(16)17-13)5-14-6-15-10/h1-6H. The van der Waals surface area contributed by atoms with E-state index in [0.717, 1.165) is 0 Å². The van der Waals surface area contributed by atoms with Crippen molar-refractivity contribution < 1.29 is 9.08 Å². The topological polar surface area (TPSA) is 52.1 Å². The Morgan fingerprint density at radius 1 is 1.29 bits per heavy atom. The summed E-state index contributed by atoms with van der Waals surface area (Å²) in [6.07, 6.45) is 2.65. The second-order valence-corrected chi connectivity index (χ2v) is 3.69. The summed E-state index contributed by atoms with van der Waals surface area (Å²) >= 11 is 11.1. The molecule has 0 unspecified atom stereocenters. The molecule has 0 aliphatic carbocycles. The van der Waals surface area contributed by atoms with Gasteiger partial charge >= 0.3 is 5.97 Å². The molecular formula is C11H6Cl2N2O2. The third kappa shape index (κ3) is 2.38. The highest BCUT2D eigenvalue weighted by atomic mass is 35.5. The van der Waals surface area contributed by atoms with E-state index < -0.39 is 5.97 Å². The molecule has 0 aliphatic heterocycles. The van der Waals surface area contributed by atoms with Crippen molar-refractivity contribution in [3.63, 3.8) is 0 Å². The number of carbonyl (C=O) groups is 1. The van der Waals surface area contributed by atoms with Gasteiger partial charge in [-0.15, -0.1) is 0 Å². The molecule has 0 fully saturated rings. The number of halogens is 2. The third-order valence-electron chi connectivity index (χ3n) is 2.13. The lowest BCUT2D eigenvalue weighted by molar-refractivity contribution is 0.0751. The molecule has 6 heteroatoms. The van der Waals surface area contributed by atoms with Crippen molar-refractivity contribution in [2.75, 3.05) is 0 Å². The highest BCUT2D eigenvalue weighted by Crippen LogP contribution is 2.28. The molecule has 0 amide bonds. The molecule has 0 saturated heterocycles. The van der Waals surface area contributed by atoms with Crippen LogP contribution in [0.5, 0.6) is 0 Å². The van der Waals surface area contributed by atoms with Gasteiger partial charge in [-0.25, -0.2) is 14.8 Å². The summed E-state index contributed by atoms with van der Waals surface area (Å²) < 4.78 is 4.15. The van der Waals surface area contributed by atoms with Crippen molar-refractivity contribution in [3.8, 4) is 11.3 Å². The molecule has 0 atom stereocenters. The Balaban J connectivity index is 2.60. The second-order valence-electron chi connectivity index (χ2n) is 3.13. The smallest absolute Gasteiger partial charge is 0.343 e. The highest BCUT2D eigenvalue weighted by molar-refractivity contribution is 6.33. The fourth-order valence-corrected chi connectivity index (χ4v) is 1.70. The first-order chi connectivity index (χ1) is 8.24. The van der Waals surface area contributed by atoms with E-state index in [2.05, 4.69) is 14.3 Å². The molecule has 2 aromatic rings. The van der Waals surface area contributed by atoms with Gasteiger partial charge in [-0.2, -0.15) is 0 Å². The van der Waals surface area contributed by atoms with E-state index in [-0.39, 0.29) is 5.56 Å². The van der Waals surface area contributed by atoms with Gasteiger partial charge in [-0.05, 0) is 6.07 Å². The SMILES string of the molecule is O=C(OCl)c1cncnc1-c1ccccc1Cl. The van der Waals surface area contributed by atoms with Crippen LogP contribution in [0.25, 0.3) is 11.3 Å². The summed E-state index contributed by atoms with van der Waals surface area (Å²) in [5.41, 5.74) is 1.17. The van der Waals surface area contributed by atoms with Gasteiger partial charge in [0.05, 0.1) is 5.69 Å². The van der Waals surface area contributed by atoms with Crippen LogP contribution in [0.4, 0.5) is 0 Å². The molecule has 1 heterocycles. The number of carbonyl (C=O) groups excluding carboxylic acids is 1. The van der Waals surface area contributed by atoms with Crippen molar-refractivity contribution in [2.45, 2.75) is 0 Å². The average molecular weight is 269 g/mol. The first-order valence-corrected chi connectivity index (χ1v) is 5.30. The van der Waals surface area contributed by atoms with Gasteiger partial charge in [-0.3, -0.25) is 0 Å². The van der Waals surface area contributed by atoms with E-state index in [1.165, 1.54) is 12.5 Å². The van der Waals surface area contributed by atoms with Gasteiger partial charge in [0, 0.05) is 16.8 Å². The maximum Gasteiger partial charge on any atom is 0.360 e. The zero-order valence-corrected chi connectivity index (χ0v) is 9.94. The fraction of sp³-hybridized carbons (Fsp3) is 0. The Kier molecular flexibility index (Phi) is 3.56. The average Bonchev–Trinajstić information content (AvgIpc) is 2.38. The second kappa shape index (κ2) is 5.12. The molecular weight excluding hydrogens is 263 g/mol. The minimum atomic E-state index is -0.720. The van der Waals surface area contributed by atoms with Crippen LogP contribution >= 0.6 is 23.5 Å². The molecule has 4 nitrogen and oxygen atoms in total. The third-order valence-corrected chi connectivity index (χ3v) is 2.60. The van der Waals surface area contributed by atoms with Crippen LogP contribution in [-0.2, 0) is 4.29 Å². The summed E-state index contributed by atoms with van der Waals surface area (Å²) in [7, 11) is 0. The number of hydrogen-bond donors (Lipinski definition) is 0. The predicted octanol–water partition coefficient (Wildman–Crippen LogP) is 3.11. The normalized spacial score (nSPS) is 10.0. The van der Waals surface area contributed by atoms with Gasteiger partial charge < -0.3 is 4.29 Å². The van der Waals surface area contributed by atoms with Gasteiger partial charge in [0.15, 0.2) is 0 Å². The summed E-state index contributed by atoms with van der Waals surface area (Å²) in [5, 5.41) is 0.481. The first-order valence-electron chi connectivity index (χ1n) is 4.62. The molecule has 17 heavy (non-hydrogen) atoms. The van der Waals surface area contributed by atoms with Gasteiger partial charge in [-0.1, -0.05) is 29.8 Å². The number of hydrogen-bond acceptors (Lipinski definition) is 4. The van der Waals surface area contributed by atoms with Crippen molar-refractivity contribution in [3.05, 3.63) is 47.4 Å². The monoisotopic (exact) mass is 268 g/mol. The first kappa shape index (κ1) is 11.8. The maximum atomic E-state index is 11.4. The maximum absolute atomic E-state index is 11.4. The van der Waals surface area contributed by atoms with Crippen LogP contribution in [-0.4, -0.2) is 15.9 Å². The van der Waals surface area contributed by atoms with E-state index >= 15 is 0 Å². The molecule has 0 spiro atoms. The number of rotatable bonds is 2. The van der Waals surface area contributed by atoms with Crippen LogP contribution in [0.15, 0.2) is 36.8 Å². The summed E-state index contributed by atoms with van der Waals surface area (Å²) in [6, 6.07) is 7.02. The largest absolute Gasteiger partial charge is 0.360 e. The Labute approximate surface area is 107 Å². The van der Waals surface area contributed by atoms with Crippen molar-refractivity contribution >= 4 is 29.4 Å². The molecule has 86 valence electrons. The predicted molar refractivity (Wildman–Crippen MR) is 63.7 cm³/mol. The fourth-order valence-electron chi connectivity index (χ4n) is 1.39. The molecule has 1 aromatic heterocycles. The lowest BCUT2D eigenvalue weighted by atomic mass is 10.1. The van der Waals surface area contributed by atoms with Gasteiger partial charge in [0.1, 0.15) is 23.8 Å². The lowest BCUT2D eigenvalue weighted by Gasteiger charge is -2.06. The quantitative estimate of drug-likeness (QED) is 0.840. The zero-order chi connectivity index (χ0) is 12.3. The number of nitrogens with zero attached hydrogens (tertiary/aromatic N) is 2. The summed E-state index contributed by atoms with van der Waals surface area (Å²) in [5.74, 6) is -0.720. The molecule has 1 aromatic carbocycles. The summed E-state index contributed by atoms with van der Waals surface area (Å²) in [4.78, 5) is 19.2. The van der Waals surface area contributed by atoms with Crippen molar-refractivity contribution in [1.82, 2.24) is 9.97 Å². The minimum Gasteiger partial charge on any atom is -0.343 e. The van der Waals surface area contributed by atoms with E-state index in [4.69, 9.17) is 23.5 Å². The molecule has 0 bridgehead atoms. The van der Waals surface area contributed by atoms with Crippen LogP contribution in [0.3, 0.4) is 0 Å². The van der Waals surface area contributed by atoms with Crippen molar-refractivity contribution in [1.29, 1.82) is 0 Å². The van der Waals surface area contributed by atoms with Crippen LogP contribution in [0.1, 0.15) is 10.4 Å². The number of benzene rings is 1. The van der Waals surface area contributed by atoms with E-state index in [1.807, 2.05) is 0 Å².